The summed E-state index contributed by atoms with van der Waals surface area (Å²) >= 11 is 0. The smallest absolute Gasteiger partial charge is 0.337 e. The van der Waals surface area contributed by atoms with Crippen molar-refractivity contribution in [1.82, 2.24) is 0 Å². The van der Waals surface area contributed by atoms with E-state index in [1.54, 1.807) is 0 Å². The van der Waals surface area contributed by atoms with Crippen molar-refractivity contribution in [2.45, 2.75) is 19.8 Å². The molecule has 0 aliphatic carbocycles. The van der Waals surface area contributed by atoms with Gasteiger partial charge in [-0.15, -0.1) is 0 Å². The van der Waals surface area contributed by atoms with Crippen molar-refractivity contribution < 1.29 is 28.2 Å². The molecule has 0 fully saturated rings. The van der Waals surface area contributed by atoms with E-state index in [1.165, 1.54) is 0 Å². The lowest BCUT2D eigenvalue weighted by Crippen LogP contribution is -2.15. The van der Waals surface area contributed by atoms with Gasteiger partial charge >= 0.3 is 5.97 Å². The summed E-state index contributed by atoms with van der Waals surface area (Å²) in [6, 6.07) is 1.19. The Kier molecular flexibility index (Phi) is 6.05. The minimum atomic E-state index is -1.45. The Hall–Kier alpha value is -2.02. The van der Waals surface area contributed by atoms with E-state index in [4.69, 9.17) is 9.84 Å². The first-order valence-electron chi connectivity index (χ1n) is 6.05. The van der Waals surface area contributed by atoms with Crippen LogP contribution in [0.25, 0.3) is 0 Å². The number of benzene rings is 1. The van der Waals surface area contributed by atoms with Gasteiger partial charge in [0.1, 0.15) is 0 Å². The molecule has 7 heteroatoms. The van der Waals surface area contributed by atoms with Gasteiger partial charge < -0.3 is 15.2 Å². The van der Waals surface area contributed by atoms with Gasteiger partial charge in [-0.05, 0) is 19.4 Å². The molecule has 0 aromatic heterocycles. The first kappa shape index (κ1) is 16.0. The molecule has 0 unspecified atom stereocenters. The van der Waals surface area contributed by atoms with Crippen LogP contribution in [-0.2, 0) is 9.53 Å². The van der Waals surface area contributed by atoms with Crippen molar-refractivity contribution >= 4 is 17.6 Å². The zero-order chi connectivity index (χ0) is 15.1. The molecule has 1 aromatic carbocycles. The first-order valence-corrected chi connectivity index (χ1v) is 6.05. The topological polar surface area (TPSA) is 75.6 Å². The summed E-state index contributed by atoms with van der Waals surface area (Å²) in [4.78, 5) is 22.5. The minimum absolute atomic E-state index is 0.0953. The molecule has 1 aromatic rings. The van der Waals surface area contributed by atoms with Crippen LogP contribution in [0.3, 0.4) is 0 Å². The van der Waals surface area contributed by atoms with Crippen LogP contribution in [0.1, 0.15) is 30.1 Å². The normalized spacial score (nSPS) is 10.3. The summed E-state index contributed by atoms with van der Waals surface area (Å²) in [5.74, 6) is -4.44. The lowest BCUT2D eigenvalue weighted by atomic mass is 10.1. The second-order valence-electron chi connectivity index (χ2n) is 3.97. The molecule has 5 nitrogen and oxygen atoms in total. The van der Waals surface area contributed by atoms with E-state index in [0.717, 1.165) is 0 Å². The number of anilines is 1. The number of rotatable bonds is 7. The highest BCUT2D eigenvalue weighted by Crippen LogP contribution is 2.20. The number of hydrogen-bond donors (Lipinski definition) is 2. The van der Waals surface area contributed by atoms with Gasteiger partial charge in [-0.2, -0.15) is 0 Å². The Balaban J connectivity index is 2.73. The summed E-state index contributed by atoms with van der Waals surface area (Å²) in [6.45, 7) is 2.75. The Morgan fingerprint density at radius 2 is 1.95 bits per heavy atom. The molecular formula is C13H15F2NO4. The fraction of sp³-hybridized carbons (Fsp3) is 0.385. The van der Waals surface area contributed by atoms with Crippen LogP contribution in [-0.4, -0.2) is 30.2 Å². The van der Waals surface area contributed by atoms with Crippen LogP contribution >= 0.6 is 0 Å². The highest BCUT2D eigenvalue weighted by atomic mass is 19.2. The molecule has 110 valence electrons. The van der Waals surface area contributed by atoms with E-state index in [-0.39, 0.29) is 12.1 Å². The third-order valence-electron chi connectivity index (χ3n) is 2.46. The number of halogens is 2. The van der Waals surface area contributed by atoms with Gasteiger partial charge in [0.05, 0.1) is 11.3 Å². The molecule has 0 radical (unpaired) electrons. The van der Waals surface area contributed by atoms with Crippen LogP contribution < -0.4 is 5.32 Å². The lowest BCUT2D eigenvalue weighted by molar-refractivity contribution is -0.116. The zero-order valence-corrected chi connectivity index (χ0v) is 10.9. The van der Waals surface area contributed by atoms with Crippen LogP contribution in [0.5, 0.6) is 0 Å². The molecule has 0 aliphatic rings. The van der Waals surface area contributed by atoms with E-state index in [9.17, 15) is 18.4 Å². The standard InChI is InChI=1S/C13H15F2NO4/c1-2-20-5-3-4-12(17)16-11-7-10(15)9(14)6-8(11)13(18)19/h6-7H,2-5H2,1H3,(H,16,17)(H,18,19). The average Bonchev–Trinajstić information content (AvgIpc) is 2.38. The van der Waals surface area contributed by atoms with E-state index in [2.05, 4.69) is 5.32 Å². The van der Waals surface area contributed by atoms with Gasteiger partial charge in [0, 0.05) is 25.7 Å². The van der Waals surface area contributed by atoms with E-state index >= 15 is 0 Å². The highest BCUT2D eigenvalue weighted by molar-refractivity contribution is 6.00. The van der Waals surface area contributed by atoms with Crippen LogP contribution in [0.4, 0.5) is 14.5 Å². The van der Waals surface area contributed by atoms with Crippen molar-refractivity contribution in [3.05, 3.63) is 29.3 Å². The molecule has 1 amide bonds. The maximum Gasteiger partial charge on any atom is 0.337 e. The van der Waals surface area contributed by atoms with Gasteiger partial charge in [0.2, 0.25) is 5.91 Å². The fourth-order valence-electron chi connectivity index (χ4n) is 1.52. The second-order valence-corrected chi connectivity index (χ2v) is 3.97. The number of hydrogen-bond acceptors (Lipinski definition) is 3. The van der Waals surface area contributed by atoms with E-state index in [0.29, 0.717) is 31.8 Å². The van der Waals surface area contributed by atoms with Gasteiger partial charge in [0.15, 0.2) is 11.6 Å². The van der Waals surface area contributed by atoms with Crippen LogP contribution in [0.2, 0.25) is 0 Å². The summed E-state index contributed by atoms with van der Waals surface area (Å²) in [7, 11) is 0. The minimum Gasteiger partial charge on any atom is -0.478 e. The maximum atomic E-state index is 13.1. The molecule has 0 atom stereocenters. The quantitative estimate of drug-likeness (QED) is 0.755. The first-order chi connectivity index (χ1) is 9.45. The molecule has 20 heavy (non-hydrogen) atoms. The summed E-state index contributed by atoms with van der Waals surface area (Å²) < 4.78 is 31.1. The predicted molar refractivity (Wildman–Crippen MR) is 67.7 cm³/mol. The van der Waals surface area contributed by atoms with Crippen molar-refractivity contribution in [3.63, 3.8) is 0 Å². The predicted octanol–water partition coefficient (Wildman–Crippen LogP) is 2.42. The number of aromatic carboxylic acids is 1. The third-order valence-corrected chi connectivity index (χ3v) is 2.46. The van der Waals surface area contributed by atoms with Crippen molar-refractivity contribution in [1.29, 1.82) is 0 Å². The maximum absolute atomic E-state index is 13.1. The van der Waals surface area contributed by atoms with Crippen LogP contribution in [0, 0.1) is 11.6 Å². The molecule has 0 spiro atoms. The van der Waals surface area contributed by atoms with Gasteiger partial charge in [-0.25, -0.2) is 13.6 Å². The van der Waals surface area contributed by atoms with E-state index < -0.39 is 29.1 Å². The zero-order valence-electron chi connectivity index (χ0n) is 10.9. The molecule has 0 saturated heterocycles. The lowest BCUT2D eigenvalue weighted by Gasteiger charge is -2.09. The molecule has 0 bridgehead atoms. The molecule has 2 N–H and O–H groups in total. The largest absolute Gasteiger partial charge is 0.478 e. The van der Waals surface area contributed by atoms with E-state index in [1.807, 2.05) is 6.92 Å². The van der Waals surface area contributed by atoms with Crippen molar-refractivity contribution in [3.8, 4) is 0 Å². The highest BCUT2D eigenvalue weighted by Gasteiger charge is 2.16. The monoisotopic (exact) mass is 287 g/mol. The molecule has 0 saturated carbocycles. The summed E-state index contributed by atoms with van der Waals surface area (Å²) in [5, 5.41) is 11.1. The van der Waals surface area contributed by atoms with Crippen molar-refractivity contribution in [2.24, 2.45) is 0 Å². The Morgan fingerprint density at radius 1 is 1.30 bits per heavy atom. The number of carboxylic acid groups (broad SMARTS) is 1. The van der Waals surface area contributed by atoms with Gasteiger partial charge in [-0.3, -0.25) is 4.79 Å². The Bertz CT molecular complexity index is 505. The number of nitrogens with one attached hydrogen (secondary N) is 1. The SMILES string of the molecule is CCOCCCC(=O)Nc1cc(F)c(F)cc1C(=O)O. The summed E-state index contributed by atoms with van der Waals surface area (Å²) in [6.07, 6.45) is 0.545. The van der Waals surface area contributed by atoms with Crippen molar-refractivity contribution in [2.75, 3.05) is 18.5 Å². The number of carboxylic acids is 1. The number of carbonyl (C=O) groups is 2. The number of carbonyl (C=O) groups excluding carboxylic acids is 1. The second kappa shape index (κ2) is 7.54. The Morgan fingerprint density at radius 3 is 2.55 bits per heavy atom. The van der Waals surface area contributed by atoms with Crippen LogP contribution in [0.15, 0.2) is 12.1 Å². The summed E-state index contributed by atoms with van der Waals surface area (Å²) in [5.41, 5.74) is -0.764. The molecule has 1 rings (SSSR count). The van der Waals surface area contributed by atoms with Gasteiger partial charge in [0.25, 0.3) is 0 Å². The molecule has 0 heterocycles. The molecular weight excluding hydrogens is 272 g/mol. The Labute approximate surface area is 114 Å². The fourth-order valence-corrected chi connectivity index (χ4v) is 1.52. The number of ether oxygens (including phenoxy) is 1. The average molecular weight is 287 g/mol. The van der Waals surface area contributed by atoms with Gasteiger partial charge in [-0.1, -0.05) is 0 Å². The third kappa shape index (κ3) is 4.58. The number of amides is 1. The molecule has 0 aliphatic heterocycles.